The molecule has 112 valence electrons. The van der Waals surface area contributed by atoms with Crippen molar-refractivity contribution in [1.82, 2.24) is 5.32 Å². The van der Waals surface area contributed by atoms with Crippen molar-refractivity contribution in [2.45, 2.75) is 39.0 Å². The molecule has 0 amide bonds. The summed E-state index contributed by atoms with van der Waals surface area (Å²) in [6.07, 6.45) is 1.23. The van der Waals surface area contributed by atoms with Gasteiger partial charge in [-0.3, -0.25) is 0 Å². The van der Waals surface area contributed by atoms with Crippen LogP contribution in [-0.2, 0) is 13.0 Å². The van der Waals surface area contributed by atoms with E-state index in [2.05, 4.69) is 48.8 Å². The molecule has 1 aromatic carbocycles. The zero-order valence-electron chi connectivity index (χ0n) is 12.7. The molecule has 4 heteroatoms. The van der Waals surface area contributed by atoms with Crippen molar-refractivity contribution in [3.05, 3.63) is 45.6 Å². The van der Waals surface area contributed by atoms with Crippen molar-refractivity contribution < 1.29 is 9.47 Å². The Morgan fingerprint density at radius 3 is 3.05 bits per heavy atom. The maximum atomic E-state index is 5.84. The van der Waals surface area contributed by atoms with E-state index >= 15 is 0 Å². The van der Waals surface area contributed by atoms with E-state index in [1.54, 1.807) is 18.4 Å². The number of thiophene rings is 1. The van der Waals surface area contributed by atoms with Crippen LogP contribution >= 0.6 is 11.3 Å². The maximum absolute atomic E-state index is 5.84. The second-order valence-electron chi connectivity index (χ2n) is 5.52. The number of benzene rings is 1. The van der Waals surface area contributed by atoms with Crippen LogP contribution in [0, 0.1) is 0 Å². The van der Waals surface area contributed by atoms with E-state index in [0.717, 1.165) is 30.0 Å². The monoisotopic (exact) mass is 303 g/mol. The molecule has 0 bridgehead atoms. The molecule has 0 fully saturated rings. The second kappa shape index (κ2) is 6.08. The molecule has 1 N–H and O–H groups in total. The highest BCUT2D eigenvalue weighted by Gasteiger charge is 2.21. The molecule has 2 heterocycles. The van der Waals surface area contributed by atoms with E-state index in [9.17, 15) is 0 Å². The van der Waals surface area contributed by atoms with Crippen LogP contribution in [0.5, 0.6) is 11.5 Å². The topological polar surface area (TPSA) is 30.5 Å². The molecule has 1 aliphatic rings. The SMILES string of the molecule is COc1cc2c(cc1CNC(C)c1cccs1)OC(C)C2. The number of hydrogen-bond acceptors (Lipinski definition) is 4. The van der Waals surface area contributed by atoms with Gasteiger partial charge in [0.25, 0.3) is 0 Å². The highest BCUT2D eigenvalue weighted by Crippen LogP contribution is 2.35. The van der Waals surface area contributed by atoms with Crippen molar-refractivity contribution >= 4 is 11.3 Å². The Bertz CT molecular complexity index is 610. The molecule has 0 aliphatic carbocycles. The summed E-state index contributed by atoms with van der Waals surface area (Å²) in [5.41, 5.74) is 2.39. The molecule has 3 rings (SSSR count). The van der Waals surface area contributed by atoms with Gasteiger partial charge in [-0.15, -0.1) is 11.3 Å². The quantitative estimate of drug-likeness (QED) is 0.908. The molecule has 1 aliphatic heterocycles. The van der Waals surface area contributed by atoms with Crippen LogP contribution in [0.2, 0.25) is 0 Å². The molecule has 0 saturated carbocycles. The average molecular weight is 303 g/mol. The summed E-state index contributed by atoms with van der Waals surface area (Å²) < 4.78 is 11.4. The van der Waals surface area contributed by atoms with E-state index < -0.39 is 0 Å². The zero-order chi connectivity index (χ0) is 14.8. The van der Waals surface area contributed by atoms with Gasteiger partial charge in [0.2, 0.25) is 0 Å². The third-order valence-electron chi connectivity index (χ3n) is 3.87. The molecule has 2 aromatic rings. The summed E-state index contributed by atoms with van der Waals surface area (Å²) in [5.74, 6) is 1.95. The summed E-state index contributed by atoms with van der Waals surface area (Å²) in [4.78, 5) is 1.35. The van der Waals surface area contributed by atoms with E-state index in [-0.39, 0.29) is 6.10 Å². The first-order valence-corrected chi connectivity index (χ1v) is 8.18. The molecular formula is C17H21NO2S. The van der Waals surface area contributed by atoms with Crippen molar-refractivity contribution in [3.63, 3.8) is 0 Å². The fourth-order valence-electron chi connectivity index (χ4n) is 2.71. The van der Waals surface area contributed by atoms with Gasteiger partial charge in [-0.05, 0) is 37.4 Å². The number of hydrogen-bond donors (Lipinski definition) is 1. The van der Waals surface area contributed by atoms with Gasteiger partial charge in [0.15, 0.2) is 0 Å². The second-order valence-corrected chi connectivity index (χ2v) is 6.50. The summed E-state index contributed by atoms with van der Waals surface area (Å²) in [5, 5.41) is 5.66. The van der Waals surface area contributed by atoms with Gasteiger partial charge in [-0.2, -0.15) is 0 Å². The number of rotatable bonds is 5. The lowest BCUT2D eigenvalue weighted by molar-refractivity contribution is 0.254. The first-order valence-electron chi connectivity index (χ1n) is 7.30. The molecule has 1 aromatic heterocycles. The Balaban J connectivity index is 1.74. The molecule has 2 unspecified atom stereocenters. The fourth-order valence-corrected chi connectivity index (χ4v) is 3.47. The normalized spacial score (nSPS) is 18.1. The van der Waals surface area contributed by atoms with Gasteiger partial charge in [0, 0.05) is 35.0 Å². The zero-order valence-corrected chi connectivity index (χ0v) is 13.5. The van der Waals surface area contributed by atoms with Crippen LogP contribution in [0.25, 0.3) is 0 Å². The van der Waals surface area contributed by atoms with Crippen LogP contribution in [0.15, 0.2) is 29.6 Å². The van der Waals surface area contributed by atoms with Crippen molar-refractivity contribution in [2.24, 2.45) is 0 Å². The van der Waals surface area contributed by atoms with Gasteiger partial charge in [0.1, 0.15) is 17.6 Å². The van der Waals surface area contributed by atoms with E-state index in [4.69, 9.17) is 9.47 Å². The lowest BCUT2D eigenvalue weighted by Gasteiger charge is -2.15. The molecule has 0 saturated heterocycles. The molecule has 0 spiro atoms. The predicted octanol–water partition coefficient (Wildman–Crippen LogP) is 3.93. The number of fused-ring (bicyclic) bond motifs is 1. The standard InChI is InChI=1S/C17H21NO2S/c1-11-7-13-8-15(19-3)14(9-16(13)20-11)10-18-12(2)17-5-4-6-21-17/h4-6,8-9,11-12,18H,7,10H2,1-3H3. The van der Waals surface area contributed by atoms with Crippen LogP contribution in [0.3, 0.4) is 0 Å². The van der Waals surface area contributed by atoms with E-state index in [1.165, 1.54) is 10.4 Å². The van der Waals surface area contributed by atoms with Gasteiger partial charge in [-0.1, -0.05) is 6.07 Å². The molecule has 21 heavy (non-hydrogen) atoms. The van der Waals surface area contributed by atoms with Gasteiger partial charge in [0.05, 0.1) is 7.11 Å². The summed E-state index contributed by atoms with van der Waals surface area (Å²) in [6.45, 7) is 5.06. The first-order chi connectivity index (χ1) is 10.2. The number of methoxy groups -OCH3 is 1. The van der Waals surface area contributed by atoms with Gasteiger partial charge in [-0.25, -0.2) is 0 Å². The van der Waals surface area contributed by atoms with Gasteiger partial charge < -0.3 is 14.8 Å². The minimum atomic E-state index is 0.262. The molecule has 3 nitrogen and oxygen atoms in total. The highest BCUT2D eigenvalue weighted by atomic mass is 32.1. The van der Waals surface area contributed by atoms with E-state index in [1.807, 2.05) is 0 Å². The molecular weight excluding hydrogens is 282 g/mol. The fraction of sp³-hybridized carbons (Fsp3) is 0.412. The number of ether oxygens (including phenoxy) is 2. The van der Waals surface area contributed by atoms with Crippen molar-refractivity contribution in [3.8, 4) is 11.5 Å². The summed E-state index contributed by atoms with van der Waals surface area (Å²) in [6, 6.07) is 8.82. The number of nitrogens with one attached hydrogen (secondary N) is 1. The highest BCUT2D eigenvalue weighted by molar-refractivity contribution is 7.10. The molecule has 0 radical (unpaired) electrons. The Morgan fingerprint density at radius 1 is 1.48 bits per heavy atom. The minimum Gasteiger partial charge on any atom is -0.496 e. The predicted molar refractivity (Wildman–Crippen MR) is 86.4 cm³/mol. The van der Waals surface area contributed by atoms with Gasteiger partial charge >= 0.3 is 0 Å². The first kappa shape index (κ1) is 14.4. The van der Waals surface area contributed by atoms with Crippen LogP contribution in [0.1, 0.15) is 35.9 Å². The van der Waals surface area contributed by atoms with Crippen LogP contribution in [0.4, 0.5) is 0 Å². The summed E-state index contributed by atoms with van der Waals surface area (Å²) in [7, 11) is 1.73. The Kier molecular flexibility index (Phi) is 4.17. The maximum Gasteiger partial charge on any atom is 0.123 e. The average Bonchev–Trinajstić information content (AvgIpc) is 3.11. The lowest BCUT2D eigenvalue weighted by atomic mass is 10.1. The molecule has 2 atom stereocenters. The largest absolute Gasteiger partial charge is 0.496 e. The van der Waals surface area contributed by atoms with Crippen LogP contribution < -0.4 is 14.8 Å². The Morgan fingerprint density at radius 2 is 2.33 bits per heavy atom. The summed E-state index contributed by atoms with van der Waals surface area (Å²) >= 11 is 1.78. The Hall–Kier alpha value is -1.52. The minimum absolute atomic E-state index is 0.262. The van der Waals surface area contributed by atoms with Crippen molar-refractivity contribution in [1.29, 1.82) is 0 Å². The van der Waals surface area contributed by atoms with Crippen molar-refractivity contribution in [2.75, 3.05) is 7.11 Å². The third kappa shape index (κ3) is 3.06. The van der Waals surface area contributed by atoms with E-state index in [0.29, 0.717) is 6.04 Å². The lowest BCUT2D eigenvalue weighted by Crippen LogP contribution is -2.17. The van der Waals surface area contributed by atoms with Crippen LogP contribution in [-0.4, -0.2) is 13.2 Å². The smallest absolute Gasteiger partial charge is 0.123 e. The Labute approximate surface area is 129 Å². The third-order valence-corrected chi connectivity index (χ3v) is 4.92.